The van der Waals surface area contributed by atoms with Crippen molar-refractivity contribution in [2.45, 2.75) is 103 Å². The van der Waals surface area contributed by atoms with Gasteiger partial charge in [-0.3, -0.25) is 38.4 Å². The minimum absolute atomic E-state index is 0.0874. The fourth-order valence-electron chi connectivity index (χ4n) is 4.09. The molecule has 0 spiro atoms. The van der Waals surface area contributed by atoms with E-state index >= 15 is 0 Å². The first-order chi connectivity index (χ1) is 23.1. The summed E-state index contributed by atoms with van der Waals surface area (Å²) in [6, 6.07) is -10.4. The van der Waals surface area contributed by atoms with E-state index in [9.17, 15) is 53.4 Å². The van der Waals surface area contributed by atoms with Gasteiger partial charge >= 0.3 is 11.9 Å². The Labute approximate surface area is 288 Å². The van der Waals surface area contributed by atoms with Gasteiger partial charge in [0.25, 0.3) is 0 Å². The lowest BCUT2D eigenvalue weighted by molar-refractivity contribution is -0.144. The van der Waals surface area contributed by atoms with Gasteiger partial charge in [0.2, 0.25) is 41.4 Å². The van der Waals surface area contributed by atoms with Crippen molar-refractivity contribution in [1.82, 2.24) is 31.9 Å². The van der Waals surface area contributed by atoms with Crippen LogP contribution in [0, 0.1) is 11.8 Å². The lowest BCUT2D eigenvalue weighted by Crippen LogP contribution is -2.60. The van der Waals surface area contributed by atoms with Crippen LogP contribution < -0.4 is 43.4 Å². The van der Waals surface area contributed by atoms with Gasteiger partial charge in [-0.15, -0.1) is 0 Å². The van der Waals surface area contributed by atoms with E-state index in [0.29, 0.717) is 0 Å². The highest BCUT2D eigenvalue weighted by Gasteiger charge is 2.34. The van der Waals surface area contributed by atoms with Gasteiger partial charge in [-0.25, -0.2) is 4.79 Å². The van der Waals surface area contributed by atoms with Gasteiger partial charge in [-0.2, -0.15) is 0 Å². The topological polar surface area (TPSA) is 359 Å². The number of aliphatic carboxylic acids is 2. The van der Waals surface area contributed by atoms with Crippen LogP contribution >= 0.6 is 0 Å². The van der Waals surface area contributed by atoms with Crippen molar-refractivity contribution < 1.29 is 63.6 Å². The van der Waals surface area contributed by atoms with Crippen LogP contribution in [0.25, 0.3) is 0 Å². The molecule has 0 aliphatic carbocycles. The molecule has 0 aromatic heterocycles. The second kappa shape index (κ2) is 22.0. The molecule has 0 aromatic rings. The molecule has 7 amide bonds. The zero-order valence-corrected chi connectivity index (χ0v) is 28.6. The molecular weight excluding hydrogens is 668 g/mol. The lowest BCUT2D eigenvalue weighted by atomic mass is 10.0. The maximum atomic E-state index is 13.3. The molecule has 0 unspecified atom stereocenters. The number of carboxylic acids is 2. The van der Waals surface area contributed by atoms with E-state index in [4.69, 9.17) is 21.7 Å². The van der Waals surface area contributed by atoms with E-state index in [2.05, 4.69) is 26.6 Å². The normalized spacial score (nSPS) is 15.2. The molecule has 14 N–H and O–H groups in total. The van der Waals surface area contributed by atoms with Gasteiger partial charge in [-0.1, -0.05) is 27.7 Å². The molecule has 0 aliphatic heterocycles. The number of rotatable bonds is 23. The Kier molecular flexibility index (Phi) is 19.8. The second-order valence-electron chi connectivity index (χ2n) is 12.2. The van der Waals surface area contributed by atoms with Gasteiger partial charge in [0, 0.05) is 6.42 Å². The molecule has 21 heteroatoms. The van der Waals surface area contributed by atoms with Crippen molar-refractivity contribution in [3.8, 4) is 0 Å². The molecule has 0 aliphatic rings. The van der Waals surface area contributed by atoms with Crippen LogP contribution in [0.15, 0.2) is 0 Å². The predicted molar refractivity (Wildman–Crippen MR) is 172 cm³/mol. The lowest BCUT2D eigenvalue weighted by Gasteiger charge is -2.27. The van der Waals surface area contributed by atoms with Gasteiger partial charge in [0.1, 0.15) is 36.3 Å². The van der Waals surface area contributed by atoms with Crippen LogP contribution in [0.4, 0.5) is 0 Å². The number of carboxylic acid groups (broad SMARTS) is 2. The summed E-state index contributed by atoms with van der Waals surface area (Å²) in [5.41, 5.74) is 11.0. The third kappa shape index (κ3) is 16.5. The second-order valence-corrected chi connectivity index (χ2v) is 12.2. The summed E-state index contributed by atoms with van der Waals surface area (Å²) < 4.78 is 0. The standard InChI is InChI=1S/C29H50N8O13/c1-12(2)8-16(25(45)33-15(6-7-21(41)42)24(44)37-19(11-39)29(49)50)34-26(46)17(9-20(30)40)35-27(47)18(10-38)36-23(43)14(5)32-28(48)22(31)13(3)4/h12-19,22,38-39H,6-11,31H2,1-5H3,(H2,30,40)(H,32,48)(H,33,45)(H,34,46)(H,35,47)(H,36,43)(H,37,44)(H,41,42)(H,49,50)/t14-,15-,16-,17-,18-,19-,22-/m0/s1. The van der Waals surface area contributed by atoms with Crippen molar-refractivity contribution in [3.63, 3.8) is 0 Å². The number of hydrogen-bond acceptors (Lipinski definition) is 12. The average Bonchev–Trinajstić information content (AvgIpc) is 3.01. The first-order valence-corrected chi connectivity index (χ1v) is 15.7. The van der Waals surface area contributed by atoms with Crippen LogP contribution in [0.2, 0.25) is 0 Å². The Morgan fingerprint density at radius 2 is 1.02 bits per heavy atom. The third-order valence-electron chi connectivity index (χ3n) is 7.04. The molecule has 0 fully saturated rings. The Morgan fingerprint density at radius 1 is 0.580 bits per heavy atom. The summed E-state index contributed by atoms with van der Waals surface area (Å²) in [5, 5.41) is 50.5. The Hall–Kier alpha value is -4.89. The first-order valence-electron chi connectivity index (χ1n) is 15.7. The summed E-state index contributed by atoms with van der Waals surface area (Å²) in [5.74, 6) is -10.5. The molecule has 7 atom stereocenters. The summed E-state index contributed by atoms with van der Waals surface area (Å²) in [7, 11) is 0. The van der Waals surface area contributed by atoms with Crippen LogP contribution in [0.3, 0.4) is 0 Å². The molecule has 0 heterocycles. The zero-order valence-electron chi connectivity index (χ0n) is 28.6. The van der Waals surface area contributed by atoms with E-state index in [1.54, 1.807) is 27.7 Å². The maximum absolute atomic E-state index is 13.3. The van der Waals surface area contributed by atoms with Crippen molar-refractivity contribution in [2.75, 3.05) is 13.2 Å². The number of carbonyl (C=O) groups excluding carboxylic acids is 7. The zero-order chi connectivity index (χ0) is 38.9. The number of nitrogens with one attached hydrogen (secondary N) is 6. The molecule has 0 aromatic carbocycles. The Bertz CT molecular complexity index is 1250. The van der Waals surface area contributed by atoms with Crippen LogP contribution in [-0.2, 0) is 43.2 Å². The van der Waals surface area contributed by atoms with Crippen LogP contribution in [0.5, 0.6) is 0 Å². The van der Waals surface area contributed by atoms with Crippen molar-refractivity contribution in [2.24, 2.45) is 23.3 Å². The minimum atomic E-state index is -1.77. The highest BCUT2D eigenvalue weighted by molar-refractivity contribution is 5.98. The van der Waals surface area contributed by atoms with Crippen molar-refractivity contribution in [3.05, 3.63) is 0 Å². The monoisotopic (exact) mass is 718 g/mol. The van der Waals surface area contributed by atoms with Gasteiger partial charge in [0.15, 0.2) is 0 Å². The van der Waals surface area contributed by atoms with Crippen LogP contribution in [-0.4, -0.2) is 129 Å². The number of carbonyl (C=O) groups is 9. The molecule has 284 valence electrons. The number of primary amides is 1. The number of nitrogens with two attached hydrogens (primary N) is 2. The first kappa shape index (κ1) is 45.1. The van der Waals surface area contributed by atoms with Gasteiger partial charge < -0.3 is 63.8 Å². The van der Waals surface area contributed by atoms with E-state index in [1.165, 1.54) is 6.92 Å². The maximum Gasteiger partial charge on any atom is 0.328 e. The van der Waals surface area contributed by atoms with E-state index < -0.39 is 128 Å². The van der Waals surface area contributed by atoms with E-state index in [-0.39, 0.29) is 18.3 Å². The third-order valence-corrected chi connectivity index (χ3v) is 7.04. The molecule has 0 saturated heterocycles. The number of aliphatic hydroxyl groups excluding tert-OH is 2. The quantitative estimate of drug-likeness (QED) is 0.0470. The molecule has 0 bridgehead atoms. The highest BCUT2D eigenvalue weighted by atomic mass is 16.4. The largest absolute Gasteiger partial charge is 0.481 e. The van der Waals surface area contributed by atoms with Gasteiger partial charge in [0.05, 0.1) is 25.7 Å². The van der Waals surface area contributed by atoms with Crippen molar-refractivity contribution >= 4 is 53.3 Å². The summed E-state index contributed by atoms with van der Waals surface area (Å²) in [6.07, 6.45) is -2.03. The SMILES string of the molecule is CC(C)C[C@H](NC(=O)[C@H](CC(N)=O)NC(=O)[C@H](CO)NC(=O)[C@H](C)NC(=O)[C@@H](N)C(C)C)C(=O)N[C@@H](CCC(=O)O)C(=O)N[C@@H](CO)C(=O)O. The predicted octanol–water partition coefficient (Wildman–Crippen LogP) is -5.25. The average molecular weight is 719 g/mol. The summed E-state index contributed by atoms with van der Waals surface area (Å²) in [4.78, 5) is 111. The summed E-state index contributed by atoms with van der Waals surface area (Å²) >= 11 is 0. The Balaban J connectivity index is 5.98. The molecule has 21 nitrogen and oxygen atoms in total. The molecular formula is C29H50N8O13. The van der Waals surface area contributed by atoms with E-state index in [0.717, 1.165) is 0 Å². The smallest absolute Gasteiger partial charge is 0.328 e. The van der Waals surface area contributed by atoms with Crippen molar-refractivity contribution in [1.29, 1.82) is 0 Å². The number of aliphatic hydroxyl groups is 2. The van der Waals surface area contributed by atoms with E-state index in [1.807, 2.05) is 5.32 Å². The highest BCUT2D eigenvalue weighted by Crippen LogP contribution is 2.09. The van der Waals surface area contributed by atoms with Gasteiger partial charge in [-0.05, 0) is 31.6 Å². The number of hydrogen-bond donors (Lipinski definition) is 12. The molecule has 50 heavy (non-hydrogen) atoms. The number of amides is 7. The fourth-order valence-corrected chi connectivity index (χ4v) is 4.09. The Morgan fingerprint density at radius 3 is 1.48 bits per heavy atom. The van der Waals surface area contributed by atoms with Crippen LogP contribution in [0.1, 0.15) is 60.3 Å². The fraction of sp³-hybridized carbons (Fsp3) is 0.690. The molecule has 0 saturated carbocycles. The summed E-state index contributed by atoms with van der Waals surface area (Å²) in [6.45, 7) is 6.01. The molecule has 0 rings (SSSR count). The molecule has 0 radical (unpaired) electrons. The minimum Gasteiger partial charge on any atom is -0.481 e.